The molecule has 0 spiro atoms. The summed E-state index contributed by atoms with van der Waals surface area (Å²) in [5.41, 5.74) is 1.30. The smallest absolute Gasteiger partial charge is 0.311 e. The van der Waals surface area contributed by atoms with Gasteiger partial charge < -0.3 is 19.5 Å². The maximum absolute atomic E-state index is 12.2. The van der Waals surface area contributed by atoms with Crippen LogP contribution in [0.25, 0.3) is 0 Å². The van der Waals surface area contributed by atoms with E-state index in [4.69, 9.17) is 25.8 Å². The second kappa shape index (κ2) is 7.44. The van der Waals surface area contributed by atoms with Crippen LogP contribution in [0.15, 0.2) is 42.5 Å². The summed E-state index contributed by atoms with van der Waals surface area (Å²) in [6, 6.07) is 11.9. The molecule has 0 aromatic heterocycles. The number of amides is 1. The molecule has 2 aromatic rings. The van der Waals surface area contributed by atoms with E-state index in [9.17, 15) is 9.59 Å². The van der Waals surface area contributed by atoms with Crippen molar-refractivity contribution < 1.29 is 23.8 Å². The fraction of sp³-hybridized carbons (Fsp3) is 0.222. The Kier molecular flexibility index (Phi) is 5.09. The zero-order valence-electron chi connectivity index (χ0n) is 13.5. The summed E-state index contributed by atoms with van der Waals surface area (Å²) in [5, 5.41) is 3.27. The highest BCUT2D eigenvalue weighted by atomic mass is 35.5. The van der Waals surface area contributed by atoms with E-state index in [0.717, 1.165) is 5.56 Å². The third-order valence-electron chi connectivity index (χ3n) is 3.58. The van der Waals surface area contributed by atoms with Gasteiger partial charge in [0.1, 0.15) is 0 Å². The van der Waals surface area contributed by atoms with Crippen molar-refractivity contribution in [3.63, 3.8) is 0 Å². The lowest BCUT2D eigenvalue weighted by atomic mass is 10.1. The number of fused-ring (bicyclic) bond motifs is 1. The lowest BCUT2D eigenvalue weighted by molar-refractivity contribution is -0.152. The molecule has 3 rings (SSSR count). The van der Waals surface area contributed by atoms with Crippen molar-refractivity contribution in [2.45, 2.75) is 19.4 Å². The number of ether oxygens (including phenoxy) is 3. The normalized spacial score (nSPS) is 13.2. The van der Waals surface area contributed by atoms with Crippen LogP contribution in [0.1, 0.15) is 12.5 Å². The molecule has 0 fully saturated rings. The Balaban J connectivity index is 1.53. The third-order valence-corrected chi connectivity index (χ3v) is 3.83. The molecule has 1 aliphatic rings. The van der Waals surface area contributed by atoms with Crippen molar-refractivity contribution in [1.29, 1.82) is 0 Å². The van der Waals surface area contributed by atoms with Gasteiger partial charge in [-0.1, -0.05) is 23.7 Å². The monoisotopic (exact) mass is 361 g/mol. The maximum atomic E-state index is 12.2. The quantitative estimate of drug-likeness (QED) is 0.828. The Labute approximate surface area is 149 Å². The number of anilines is 1. The predicted octanol–water partition coefficient (Wildman–Crippen LogP) is 3.18. The standard InChI is InChI=1S/C18H16ClNO5/c1-11(25-17(21)8-12-2-4-13(19)5-3-12)18(22)20-14-6-7-15-16(9-14)24-10-23-15/h2-7,9,11H,8,10H2,1H3,(H,20,22)/t11-/m0/s1. The Morgan fingerprint density at radius 1 is 1.16 bits per heavy atom. The van der Waals surface area contributed by atoms with Gasteiger partial charge in [0.15, 0.2) is 17.6 Å². The number of halogens is 1. The Morgan fingerprint density at radius 2 is 1.88 bits per heavy atom. The van der Waals surface area contributed by atoms with Gasteiger partial charge in [0, 0.05) is 16.8 Å². The van der Waals surface area contributed by atoms with E-state index in [1.807, 2.05) is 0 Å². The van der Waals surface area contributed by atoms with Gasteiger partial charge in [-0.3, -0.25) is 9.59 Å². The summed E-state index contributed by atoms with van der Waals surface area (Å²) in [4.78, 5) is 24.1. The van der Waals surface area contributed by atoms with Gasteiger partial charge in [0.2, 0.25) is 6.79 Å². The number of hydrogen-bond donors (Lipinski definition) is 1. The molecular formula is C18H16ClNO5. The third kappa shape index (κ3) is 4.42. The fourth-order valence-electron chi connectivity index (χ4n) is 2.28. The van der Waals surface area contributed by atoms with E-state index in [2.05, 4.69) is 5.32 Å². The van der Waals surface area contributed by atoms with Gasteiger partial charge in [-0.05, 0) is 36.8 Å². The highest BCUT2D eigenvalue weighted by Crippen LogP contribution is 2.34. The van der Waals surface area contributed by atoms with E-state index in [1.54, 1.807) is 42.5 Å². The summed E-state index contributed by atoms with van der Waals surface area (Å²) in [6.45, 7) is 1.67. The molecule has 0 radical (unpaired) electrons. The Bertz CT molecular complexity index is 791. The number of carbonyl (C=O) groups is 2. The zero-order valence-corrected chi connectivity index (χ0v) is 14.2. The number of carbonyl (C=O) groups excluding carboxylic acids is 2. The minimum atomic E-state index is -0.926. The van der Waals surface area contributed by atoms with Gasteiger partial charge in [0.05, 0.1) is 6.42 Å². The van der Waals surface area contributed by atoms with Crippen LogP contribution in [0.5, 0.6) is 11.5 Å². The van der Waals surface area contributed by atoms with Gasteiger partial charge in [-0.2, -0.15) is 0 Å². The molecule has 0 aliphatic carbocycles. The summed E-state index contributed by atoms with van der Waals surface area (Å²) in [5.74, 6) is 0.268. The van der Waals surface area contributed by atoms with E-state index in [-0.39, 0.29) is 13.2 Å². The van der Waals surface area contributed by atoms with Crippen LogP contribution in [-0.2, 0) is 20.7 Å². The SMILES string of the molecule is C[C@H](OC(=O)Cc1ccc(Cl)cc1)C(=O)Nc1ccc2c(c1)OCO2. The highest BCUT2D eigenvalue weighted by molar-refractivity contribution is 6.30. The number of esters is 1. The zero-order chi connectivity index (χ0) is 17.8. The Hall–Kier alpha value is -2.73. The van der Waals surface area contributed by atoms with E-state index >= 15 is 0 Å². The molecule has 1 N–H and O–H groups in total. The van der Waals surface area contributed by atoms with Gasteiger partial charge in [-0.25, -0.2) is 0 Å². The van der Waals surface area contributed by atoms with Crippen molar-refractivity contribution in [1.82, 2.24) is 0 Å². The molecule has 2 aromatic carbocycles. The summed E-state index contributed by atoms with van der Waals surface area (Å²) >= 11 is 5.80. The van der Waals surface area contributed by atoms with Crippen LogP contribution in [0.3, 0.4) is 0 Å². The van der Waals surface area contributed by atoms with Gasteiger partial charge >= 0.3 is 5.97 Å². The summed E-state index contributed by atoms with van der Waals surface area (Å²) < 4.78 is 15.6. The molecule has 130 valence electrons. The van der Waals surface area contributed by atoms with Crippen LogP contribution in [0.4, 0.5) is 5.69 Å². The lowest BCUT2D eigenvalue weighted by Gasteiger charge is -2.14. The molecule has 0 unspecified atom stereocenters. The second-order valence-corrected chi connectivity index (χ2v) is 5.93. The van der Waals surface area contributed by atoms with Gasteiger partial charge in [-0.15, -0.1) is 0 Å². The van der Waals surface area contributed by atoms with Crippen LogP contribution >= 0.6 is 11.6 Å². The molecule has 0 bridgehead atoms. The second-order valence-electron chi connectivity index (χ2n) is 5.49. The molecule has 1 amide bonds. The molecule has 1 atom stereocenters. The minimum Gasteiger partial charge on any atom is -0.454 e. The number of rotatable bonds is 5. The summed E-state index contributed by atoms with van der Waals surface area (Å²) in [6.07, 6.45) is -0.857. The number of nitrogens with one attached hydrogen (secondary N) is 1. The van der Waals surface area contributed by atoms with Crippen molar-refractivity contribution in [2.75, 3.05) is 12.1 Å². The molecule has 0 saturated carbocycles. The van der Waals surface area contributed by atoms with E-state index in [1.165, 1.54) is 6.92 Å². The van der Waals surface area contributed by atoms with Gasteiger partial charge in [0.25, 0.3) is 5.91 Å². The highest BCUT2D eigenvalue weighted by Gasteiger charge is 2.20. The van der Waals surface area contributed by atoms with Crippen molar-refractivity contribution >= 4 is 29.2 Å². The predicted molar refractivity (Wildman–Crippen MR) is 91.9 cm³/mol. The Morgan fingerprint density at radius 3 is 2.64 bits per heavy atom. The average molecular weight is 362 g/mol. The lowest BCUT2D eigenvalue weighted by Crippen LogP contribution is -2.30. The first kappa shape index (κ1) is 17.1. The van der Waals surface area contributed by atoms with E-state index < -0.39 is 18.0 Å². The van der Waals surface area contributed by atoms with Crippen LogP contribution in [0, 0.1) is 0 Å². The molecule has 0 saturated heterocycles. The van der Waals surface area contributed by atoms with Crippen LogP contribution in [-0.4, -0.2) is 24.8 Å². The molecule has 1 aliphatic heterocycles. The topological polar surface area (TPSA) is 73.9 Å². The molecule has 6 nitrogen and oxygen atoms in total. The molecule has 7 heteroatoms. The van der Waals surface area contributed by atoms with Crippen LogP contribution < -0.4 is 14.8 Å². The fourth-order valence-corrected chi connectivity index (χ4v) is 2.41. The molecule has 25 heavy (non-hydrogen) atoms. The molecule has 1 heterocycles. The average Bonchev–Trinajstić information content (AvgIpc) is 3.04. The first-order valence-corrected chi connectivity index (χ1v) is 8.03. The van der Waals surface area contributed by atoms with Crippen LogP contribution in [0.2, 0.25) is 5.02 Å². The van der Waals surface area contributed by atoms with Crippen molar-refractivity contribution in [2.24, 2.45) is 0 Å². The minimum absolute atomic E-state index is 0.0683. The maximum Gasteiger partial charge on any atom is 0.311 e. The summed E-state index contributed by atoms with van der Waals surface area (Å²) in [7, 11) is 0. The van der Waals surface area contributed by atoms with Crippen molar-refractivity contribution in [3.8, 4) is 11.5 Å². The largest absolute Gasteiger partial charge is 0.454 e. The first-order chi connectivity index (χ1) is 12.0. The van der Waals surface area contributed by atoms with E-state index in [0.29, 0.717) is 22.2 Å². The number of benzene rings is 2. The number of hydrogen-bond acceptors (Lipinski definition) is 5. The molecular weight excluding hydrogens is 346 g/mol. The van der Waals surface area contributed by atoms with Crippen molar-refractivity contribution in [3.05, 3.63) is 53.1 Å². The first-order valence-electron chi connectivity index (χ1n) is 7.66.